The molecule has 16 heavy (non-hydrogen) atoms. The topological polar surface area (TPSA) is 39.1 Å². The lowest BCUT2D eigenvalue weighted by Crippen LogP contribution is -2.52. The average Bonchev–Trinajstić information content (AvgIpc) is 2.40. The van der Waals surface area contributed by atoms with Gasteiger partial charge in [-0.2, -0.15) is 5.26 Å². The highest BCUT2D eigenvalue weighted by Gasteiger charge is 2.37. The number of piperidine rings is 1. The highest BCUT2D eigenvalue weighted by Crippen LogP contribution is 2.31. The largest absolute Gasteiger partial charge is 0.302 e. The first-order valence-corrected chi connectivity index (χ1v) is 6.64. The van der Waals surface area contributed by atoms with Crippen molar-refractivity contribution >= 4 is 0 Å². The number of nitriles is 1. The molecule has 0 amide bonds. The maximum absolute atomic E-state index is 9.33. The molecule has 0 spiro atoms. The third kappa shape index (κ3) is 2.39. The van der Waals surface area contributed by atoms with Gasteiger partial charge in [0.1, 0.15) is 5.54 Å². The van der Waals surface area contributed by atoms with Crippen molar-refractivity contribution in [1.82, 2.24) is 10.2 Å². The van der Waals surface area contributed by atoms with E-state index >= 15 is 0 Å². The number of rotatable bonds is 2. The second kappa shape index (κ2) is 5.16. The Balaban J connectivity index is 1.98. The van der Waals surface area contributed by atoms with Crippen molar-refractivity contribution in [3.8, 4) is 6.07 Å². The summed E-state index contributed by atoms with van der Waals surface area (Å²) in [5.74, 6) is 0. The molecule has 2 unspecified atom stereocenters. The summed E-state index contributed by atoms with van der Waals surface area (Å²) in [6.07, 6.45) is 8.58. The summed E-state index contributed by atoms with van der Waals surface area (Å²) in [5, 5.41) is 12.6. The first-order valence-electron chi connectivity index (χ1n) is 6.64. The van der Waals surface area contributed by atoms with Crippen LogP contribution >= 0.6 is 0 Å². The van der Waals surface area contributed by atoms with Gasteiger partial charge in [-0.3, -0.25) is 0 Å². The molecular weight excluding hydrogens is 198 g/mol. The van der Waals surface area contributed by atoms with Gasteiger partial charge in [-0.25, -0.2) is 0 Å². The maximum atomic E-state index is 9.33. The second-order valence-corrected chi connectivity index (χ2v) is 5.29. The molecule has 0 aromatic heterocycles. The summed E-state index contributed by atoms with van der Waals surface area (Å²) in [7, 11) is 1.93. The highest BCUT2D eigenvalue weighted by molar-refractivity contribution is 5.10. The van der Waals surface area contributed by atoms with E-state index in [1.165, 1.54) is 45.2 Å². The molecule has 90 valence electrons. The fourth-order valence-corrected chi connectivity index (χ4v) is 3.23. The summed E-state index contributed by atoms with van der Waals surface area (Å²) in [6.45, 7) is 2.49. The Hall–Kier alpha value is -0.590. The molecule has 1 saturated carbocycles. The van der Waals surface area contributed by atoms with Gasteiger partial charge in [-0.05, 0) is 58.7 Å². The summed E-state index contributed by atoms with van der Waals surface area (Å²) < 4.78 is 0. The Morgan fingerprint density at radius 2 is 2.00 bits per heavy atom. The first kappa shape index (κ1) is 11.9. The van der Waals surface area contributed by atoms with E-state index < -0.39 is 0 Å². The Morgan fingerprint density at radius 1 is 1.25 bits per heavy atom. The number of nitrogens with one attached hydrogen (secondary N) is 1. The van der Waals surface area contributed by atoms with Crippen molar-refractivity contribution in [1.29, 1.82) is 5.26 Å². The van der Waals surface area contributed by atoms with Gasteiger partial charge in [-0.1, -0.05) is 6.42 Å². The van der Waals surface area contributed by atoms with Gasteiger partial charge < -0.3 is 10.2 Å². The monoisotopic (exact) mass is 221 g/mol. The molecule has 2 aliphatic rings. The van der Waals surface area contributed by atoms with E-state index in [4.69, 9.17) is 0 Å². The fourth-order valence-electron chi connectivity index (χ4n) is 3.23. The molecule has 1 N–H and O–H groups in total. The molecule has 1 saturated heterocycles. The van der Waals surface area contributed by atoms with Gasteiger partial charge >= 0.3 is 0 Å². The van der Waals surface area contributed by atoms with Crippen LogP contribution in [0.2, 0.25) is 0 Å². The summed E-state index contributed by atoms with van der Waals surface area (Å²) >= 11 is 0. The smallest absolute Gasteiger partial charge is 0.108 e. The lowest BCUT2D eigenvalue weighted by Gasteiger charge is -2.42. The van der Waals surface area contributed by atoms with E-state index in [1.807, 2.05) is 7.05 Å². The van der Waals surface area contributed by atoms with E-state index in [0.29, 0.717) is 6.04 Å². The number of likely N-dealkylation sites (tertiary alicyclic amines) is 1. The maximum Gasteiger partial charge on any atom is 0.108 e. The predicted octanol–water partition coefficient (Wildman–Crippen LogP) is 1.90. The van der Waals surface area contributed by atoms with Crippen LogP contribution in [0, 0.1) is 11.3 Å². The van der Waals surface area contributed by atoms with Crippen molar-refractivity contribution in [2.75, 3.05) is 20.1 Å². The SMILES string of the molecule is CNC1(C#N)CCCC(N2CCCCC2)C1. The molecular formula is C13H23N3. The van der Waals surface area contributed by atoms with E-state index in [0.717, 1.165) is 12.8 Å². The molecule has 3 heteroatoms. The molecule has 2 atom stereocenters. The van der Waals surface area contributed by atoms with Crippen LogP contribution in [0.4, 0.5) is 0 Å². The highest BCUT2D eigenvalue weighted by atomic mass is 15.2. The average molecular weight is 221 g/mol. The van der Waals surface area contributed by atoms with Gasteiger partial charge in [-0.15, -0.1) is 0 Å². The molecule has 2 fully saturated rings. The molecule has 1 aliphatic carbocycles. The van der Waals surface area contributed by atoms with Crippen LogP contribution in [-0.2, 0) is 0 Å². The first-order chi connectivity index (χ1) is 7.79. The van der Waals surface area contributed by atoms with Gasteiger partial charge in [0.2, 0.25) is 0 Å². The zero-order chi connectivity index (χ0) is 11.4. The van der Waals surface area contributed by atoms with E-state index in [2.05, 4.69) is 16.3 Å². The van der Waals surface area contributed by atoms with Crippen LogP contribution in [0.15, 0.2) is 0 Å². The molecule has 2 rings (SSSR count). The molecule has 1 aliphatic heterocycles. The van der Waals surface area contributed by atoms with Crippen molar-refractivity contribution < 1.29 is 0 Å². The Morgan fingerprint density at radius 3 is 2.62 bits per heavy atom. The van der Waals surface area contributed by atoms with Crippen LogP contribution < -0.4 is 5.32 Å². The third-order valence-corrected chi connectivity index (χ3v) is 4.32. The Labute approximate surface area is 98.8 Å². The standard InChI is InChI=1S/C13H23N3/c1-15-13(11-14)7-5-6-12(10-13)16-8-3-2-4-9-16/h12,15H,2-10H2,1H3. The normalized spacial score (nSPS) is 36.9. The molecule has 0 aromatic carbocycles. The molecule has 0 bridgehead atoms. The van der Waals surface area contributed by atoms with Gasteiger partial charge in [0.25, 0.3) is 0 Å². The zero-order valence-corrected chi connectivity index (χ0v) is 10.3. The minimum atomic E-state index is -0.250. The predicted molar refractivity (Wildman–Crippen MR) is 65.1 cm³/mol. The van der Waals surface area contributed by atoms with Crippen molar-refractivity contribution in [2.45, 2.75) is 56.5 Å². The number of hydrogen-bond donors (Lipinski definition) is 1. The Bertz CT molecular complexity index is 265. The number of nitrogens with zero attached hydrogens (tertiary/aromatic N) is 2. The fraction of sp³-hybridized carbons (Fsp3) is 0.923. The van der Waals surface area contributed by atoms with E-state index in [1.54, 1.807) is 0 Å². The van der Waals surface area contributed by atoms with Crippen LogP contribution in [0.5, 0.6) is 0 Å². The molecule has 0 aromatic rings. The summed E-state index contributed by atoms with van der Waals surface area (Å²) in [4.78, 5) is 2.62. The molecule has 1 heterocycles. The van der Waals surface area contributed by atoms with Crippen molar-refractivity contribution in [3.63, 3.8) is 0 Å². The van der Waals surface area contributed by atoms with Gasteiger partial charge in [0.05, 0.1) is 6.07 Å². The molecule has 0 radical (unpaired) electrons. The summed E-state index contributed by atoms with van der Waals surface area (Å²) in [6, 6.07) is 3.14. The van der Waals surface area contributed by atoms with Crippen LogP contribution in [0.1, 0.15) is 44.9 Å². The summed E-state index contributed by atoms with van der Waals surface area (Å²) in [5.41, 5.74) is -0.250. The minimum Gasteiger partial charge on any atom is -0.302 e. The lowest BCUT2D eigenvalue weighted by molar-refractivity contribution is 0.103. The van der Waals surface area contributed by atoms with Crippen molar-refractivity contribution in [3.05, 3.63) is 0 Å². The quantitative estimate of drug-likeness (QED) is 0.774. The lowest BCUT2D eigenvalue weighted by atomic mass is 9.79. The van der Waals surface area contributed by atoms with Gasteiger partial charge in [0.15, 0.2) is 0 Å². The number of hydrogen-bond acceptors (Lipinski definition) is 3. The van der Waals surface area contributed by atoms with Crippen LogP contribution in [-0.4, -0.2) is 36.6 Å². The third-order valence-electron chi connectivity index (χ3n) is 4.32. The minimum absolute atomic E-state index is 0.250. The van der Waals surface area contributed by atoms with Gasteiger partial charge in [0, 0.05) is 6.04 Å². The Kier molecular flexibility index (Phi) is 3.83. The molecule has 3 nitrogen and oxygen atoms in total. The van der Waals surface area contributed by atoms with Crippen LogP contribution in [0.3, 0.4) is 0 Å². The van der Waals surface area contributed by atoms with E-state index in [9.17, 15) is 5.26 Å². The van der Waals surface area contributed by atoms with Crippen LogP contribution in [0.25, 0.3) is 0 Å². The second-order valence-electron chi connectivity index (χ2n) is 5.29. The zero-order valence-electron chi connectivity index (χ0n) is 10.3. The van der Waals surface area contributed by atoms with E-state index in [-0.39, 0.29) is 5.54 Å². The van der Waals surface area contributed by atoms with Crippen molar-refractivity contribution in [2.24, 2.45) is 0 Å².